The molecule has 192 valence electrons. The normalized spacial score (nSPS) is 10.5. The second-order valence-corrected chi connectivity index (χ2v) is 9.93. The number of aryl methyl sites for hydroxylation is 1. The van der Waals surface area contributed by atoms with Crippen molar-refractivity contribution in [1.82, 2.24) is 4.98 Å². The molecule has 1 aromatic heterocycles. The van der Waals surface area contributed by atoms with Crippen LogP contribution in [0.1, 0.15) is 17.5 Å². The molecule has 0 atom stereocenters. The average molecular weight is 544 g/mol. The van der Waals surface area contributed by atoms with Crippen LogP contribution in [0.4, 0.5) is 5.69 Å². The van der Waals surface area contributed by atoms with E-state index in [1.807, 2.05) is 61.5 Å². The molecule has 4 rings (SSSR count). The van der Waals surface area contributed by atoms with E-state index in [0.717, 1.165) is 33.7 Å². The van der Waals surface area contributed by atoms with Crippen molar-refractivity contribution in [3.05, 3.63) is 88.9 Å². The third kappa shape index (κ3) is 6.46. The maximum absolute atomic E-state index is 12.6. The maximum Gasteiger partial charge on any atom is 0.225 e. The summed E-state index contributed by atoms with van der Waals surface area (Å²) in [7, 11) is 3.16. The lowest BCUT2D eigenvalue weighted by molar-refractivity contribution is -0.115. The highest BCUT2D eigenvalue weighted by Crippen LogP contribution is 2.35. The van der Waals surface area contributed by atoms with Crippen LogP contribution in [-0.2, 0) is 4.79 Å². The summed E-state index contributed by atoms with van der Waals surface area (Å²) in [5, 5.41) is 13.9. The van der Waals surface area contributed by atoms with Crippen LogP contribution in [0.5, 0.6) is 11.5 Å². The van der Waals surface area contributed by atoms with E-state index in [1.165, 1.54) is 18.9 Å². The molecule has 6 nitrogen and oxygen atoms in total. The smallest absolute Gasteiger partial charge is 0.225 e. The summed E-state index contributed by atoms with van der Waals surface area (Å²) < 4.78 is 10.4. The lowest BCUT2D eigenvalue weighted by Gasteiger charge is -2.13. The minimum Gasteiger partial charge on any atom is -0.497 e. The van der Waals surface area contributed by atoms with Gasteiger partial charge in [0, 0.05) is 29.0 Å². The number of carbonyl (C=O) groups excluding carboxylic acids is 1. The van der Waals surface area contributed by atoms with Gasteiger partial charge in [-0.1, -0.05) is 41.4 Å². The first kappa shape index (κ1) is 27.1. The first-order valence-electron chi connectivity index (χ1n) is 11.8. The molecule has 0 radical (unpaired) electrons. The first-order chi connectivity index (χ1) is 18.4. The van der Waals surface area contributed by atoms with Crippen LogP contribution >= 0.6 is 23.4 Å². The van der Waals surface area contributed by atoms with Crippen molar-refractivity contribution in [3.8, 4) is 40.0 Å². The Morgan fingerprint density at radius 2 is 1.71 bits per heavy atom. The van der Waals surface area contributed by atoms with Gasteiger partial charge in [0.2, 0.25) is 5.91 Å². The van der Waals surface area contributed by atoms with E-state index in [1.54, 1.807) is 25.3 Å². The number of benzene rings is 3. The molecular weight excluding hydrogens is 518 g/mol. The number of thioether (sulfide) groups is 1. The molecule has 0 bridgehead atoms. The lowest BCUT2D eigenvalue weighted by Crippen LogP contribution is -2.12. The minimum absolute atomic E-state index is 0.165. The second kappa shape index (κ2) is 12.5. The number of carbonyl (C=O) groups is 1. The monoisotopic (exact) mass is 543 g/mol. The minimum atomic E-state index is -0.165. The summed E-state index contributed by atoms with van der Waals surface area (Å²) in [6.45, 7) is 2.02. The lowest BCUT2D eigenvalue weighted by atomic mass is 9.98. The highest BCUT2D eigenvalue weighted by Gasteiger charge is 2.17. The van der Waals surface area contributed by atoms with Gasteiger partial charge in [-0.2, -0.15) is 5.26 Å². The molecule has 1 heterocycles. The summed E-state index contributed by atoms with van der Waals surface area (Å²) in [4.78, 5) is 17.4. The standard InChI is InChI=1S/C30H26ClN3O3S/c1-19-4-6-20(7-5-19)24-17-27(21-8-11-23(36-2)12-9-21)34-30(25(24)18-32)38-15-14-29(35)33-22-10-13-28(37-3)26(31)16-22/h4-13,16-17H,14-15H2,1-3H3,(H,33,35). The van der Waals surface area contributed by atoms with Crippen LogP contribution in [0.3, 0.4) is 0 Å². The molecule has 0 saturated heterocycles. The number of anilines is 1. The van der Waals surface area contributed by atoms with Crippen molar-refractivity contribution in [2.45, 2.75) is 18.4 Å². The highest BCUT2D eigenvalue weighted by atomic mass is 35.5. The number of nitrogens with zero attached hydrogens (tertiary/aromatic N) is 2. The van der Waals surface area contributed by atoms with E-state index in [0.29, 0.717) is 32.8 Å². The molecule has 0 aliphatic heterocycles. The summed E-state index contributed by atoms with van der Waals surface area (Å²) in [5.74, 6) is 1.57. The van der Waals surface area contributed by atoms with Gasteiger partial charge in [0.05, 0.1) is 30.5 Å². The Bertz CT molecular complexity index is 1480. The summed E-state index contributed by atoms with van der Waals surface area (Å²) >= 11 is 7.54. The molecule has 4 aromatic rings. The number of amides is 1. The third-order valence-electron chi connectivity index (χ3n) is 5.85. The van der Waals surface area contributed by atoms with Crippen LogP contribution in [0.2, 0.25) is 5.02 Å². The number of nitrogens with one attached hydrogen (secondary N) is 1. The van der Waals surface area contributed by atoms with Gasteiger partial charge in [-0.25, -0.2) is 4.98 Å². The first-order valence-corrected chi connectivity index (χ1v) is 13.2. The van der Waals surface area contributed by atoms with E-state index in [-0.39, 0.29) is 12.3 Å². The summed E-state index contributed by atoms with van der Waals surface area (Å²) in [6.07, 6.45) is 0.230. The molecule has 3 aromatic carbocycles. The number of nitriles is 1. The van der Waals surface area contributed by atoms with Gasteiger partial charge in [-0.05, 0) is 61.0 Å². The summed E-state index contributed by atoms with van der Waals surface area (Å²) in [5.41, 5.74) is 5.58. The van der Waals surface area contributed by atoms with E-state index in [4.69, 9.17) is 26.1 Å². The number of hydrogen-bond donors (Lipinski definition) is 1. The molecule has 0 fully saturated rings. The van der Waals surface area contributed by atoms with Crippen LogP contribution < -0.4 is 14.8 Å². The zero-order valence-electron chi connectivity index (χ0n) is 21.2. The van der Waals surface area contributed by atoms with E-state index < -0.39 is 0 Å². The van der Waals surface area contributed by atoms with Crippen molar-refractivity contribution in [1.29, 1.82) is 5.26 Å². The Hall–Kier alpha value is -3.99. The van der Waals surface area contributed by atoms with Crippen molar-refractivity contribution in [3.63, 3.8) is 0 Å². The Morgan fingerprint density at radius 1 is 1.00 bits per heavy atom. The molecule has 1 amide bonds. The number of methoxy groups -OCH3 is 2. The molecule has 0 aliphatic rings. The summed E-state index contributed by atoms with van der Waals surface area (Å²) in [6, 6.07) is 25.0. The molecule has 0 saturated carbocycles. The molecule has 0 spiro atoms. The predicted molar refractivity (Wildman–Crippen MR) is 153 cm³/mol. The van der Waals surface area contributed by atoms with Crippen molar-refractivity contribution in [2.24, 2.45) is 0 Å². The maximum atomic E-state index is 12.6. The third-order valence-corrected chi connectivity index (χ3v) is 7.12. The molecule has 1 N–H and O–H groups in total. The van der Waals surface area contributed by atoms with Gasteiger partial charge in [-0.15, -0.1) is 11.8 Å². The van der Waals surface area contributed by atoms with Crippen molar-refractivity contribution < 1.29 is 14.3 Å². The van der Waals surface area contributed by atoms with Gasteiger partial charge < -0.3 is 14.8 Å². The Balaban J connectivity index is 1.59. The molecule has 38 heavy (non-hydrogen) atoms. The van der Waals surface area contributed by atoms with Crippen LogP contribution in [0, 0.1) is 18.3 Å². The largest absolute Gasteiger partial charge is 0.497 e. The molecule has 0 aliphatic carbocycles. The second-order valence-electron chi connectivity index (χ2n) is 8.44. The van der Waals surface area contributed by atoms with Crippen molar-refractivity contribution in [2.75, 3.05) is 25.3 Å². The van der Waals surface area contributed by atoms with Crippen LogP contribution in [0.25, 0.3) is 22.4 Å². The fourth-order valence-electron chi connectivity index (χ4n) is 3.81. The van der Waals surface area contributed by atoms with Crippen molar-refractivity contribution >= 4 is 35.0 Å². The number of halogens is 1. The van der Waals surface area contributed by atoms with Crippen LogP contribution in [0.15, 0.2) is 77.8 Å². The highest BCUT2D eigenvalue weighted by molar-refractivity contribution is 7.99. The number of aromatic nitrogens is 1. The topological polar surface area (TPSA) is 84.2 Å². The zero-order valence-corrected chi connectivity index (χ0v) is 22.8. The van der Waals surface area contributed by atoms with E-state index in [9.17, 15) is 10.1 Å². The number of pyridine rings is 1. The zero-order chi connectivity index (χ0) is 27.1. The van der Waals surface area contributed by atoms with Gasteiger partial charge in [0.15, 0.2) is 0 Å². The Labute approximate surface area is 231 Å². The Kier molecular flexibility index (Phi) is 8.90. The van der Waals surface area contributed by atoms with E-state index in [2.05, 4.69) is 11.4 Å². The van der Waals surface area contributed by atoms with E-state index >= 15 is 0 Å². The SMILES string of the molecule is COc1ccc(-c2cc(-c3ccc(C)cc3)c(C#N)c(SCCC(=O)Nc3ccc(OC)c(Cl)c3)n2)cc1. The molecular formula is C30H26ClN3O3S. The molecule has 8 heteroatoms. The fourth-order valence-corrected chi connectivity index (χ4v) is 5.01. The van der Waals surface area contributed by atoms with Gasteiger partial charge >= 0.3 is 0 Å². The number of ether oxygens (including phenoxy) is 2. The fraction of sp³-hybridized carbons (Fsp3) is 0.167. The quantitative estimate of drug-likeness (QED) is 0.222. The predicted octanol–water partition coefficient (Wildman–Crippen LogP) is 7.39. The van der Waals surface area contributed by atoms with Gasteiger partial charge in [0.25, 0.3) is 0 Å². The van der Waals surface area contributed by atoms with Gasteiger partial charge in [-0.3, -0.25) is 4.79 Å². The van der Waals surface area contributed by atoms with Gasteiger partial charge in [0.1, 0.15) is 22.6 Å². The average Bonchev–Trinajstić information content (AvgIpc) is 2.93. The molecule has 0 unspecified atom stereocenters. The van der Waals surface area contributed by atoms with Crippen LogP contribution in [-0.4, -0.2) is 30.9 Å². The Morgan fingerprint density at radius 3 is 2.34 bits per heavy atom. The number of hydrogen-bond acceptors (Lipinski definition) is 6. The number of rotatable bonds is 9.